The molecular formula is C18H21N3O4. The highest BCUT2D eigenvalue weighted by Gasteiger charge is 2.28. The normalized spacial score (nSPS) is 20.2. The maximum absolute atomic E-state index is 12.3. The minimum absolute atomic E-state index is 0.00511. The van der Waals surface area contributed by atoms with Crippen molar-refractivity contribution in [2.45, 2.75) is 19.3 Å². The molecule has 7 heteroatoms. The molecule has 1 fully saturated rings. The maximum atomic E-state index is 12.3. The van der Waals surface area contributed by atoms with Gasteiger partial charge < -0.3 is 20.3 Å². The van der Waals surface area contributed by atoms with Gasteiger partial charge in [0.25, 0.3) is 0 Å². The number of carboxylic acid groups (broad SMARTS) is 1. The summed E-state index contributed by atoms with van der Waals surface area (Å²) in [7, 11) is 0. The topological polar surface area (TPSA) is 104 Å². The van der Waals surface area contributed by atoms with Crippen molar-refractivity contribution < 1.29 is 19.2 Å². The molecule has 0 aliphatic carbocycles. The molecule has 0 spiro atoms. The molecule has 0 unspecified atom stereocenters. The Bertz CT molecular complexity index is 729. The van der Waals surface area contributed by atoms with Gasteiger partial charge in [-0.15, -0.1) is 0 Å². The highest BCUT2D eigenvalue weighted by atomic mass is 16.5. The van der Waals surface area contributed by atoms with Gasteiger partial charge in [-0.05, 0) is 49.9 Å². The Balaban J connectivity index is 1.60. The molecule has 1 amide bonds. The highest BCUT2D eigenvalue weighted by molar-refractivity contribution is 5.90. The number of carboxylic acids is 1. The van der Waals surface area contributed by atoms with Crippen LogP contribution in [0.15, 0.2) is 40.9 Å². The SMILES string of the molecule is O=C(C[C@H]1CCNC[C@@H]1Cc1cc(C(=O)O)on1)Nc1ccccc1. The van der Waals surface area contributed by atoms with E-state index in [9.17, 15) is 9.59 Å². The lowest BCUT2D eigenvalue weighted by Crippen LogP contribution is -2.39. The fourth-order valence-corrected chi connectivity index (χ4v) is 3.23. The van der Waals surface area contributed by atoms with Crippen molar-refractivity contribution in [2.24, 2.45) is 11.8 Å². The van der Waals surface area contributed by atoms with E-state index in [0.717, 1.165) is 25.2 Å². The number of aromatic nitrogens is 1. The number of carbonyl (C=O) groups excluding carboxylic acids is 1. The maximum Gasteiger partial charge on any atom is 0.374 e. The Morgan fingerprint density at radius 1 is 1.28 bits per heavy atom. The number of benzene rings is 1. The molecular weight excluding hydrogens is 322 g/mol. The second kappa shape index (κ2) is 7.94. The Morgan fingerprint density at radius 3 is 2.80 bits per heavy atom. The Labute approximate surface area is 145 Å². The molecule has 132 valence electrons. The van der Waals surface area contributed by atoms with Crippen LogP contribution in [0.5, 0.6) is 0 Å². The third-order valence-electron chi connectivity index (χ3n) is 4.51. The number of amides is 1. The van der Waals surface area contributed by atoms with E-state index in [1.54, 1.807) is 0 Å². The zero-order chi connectivity index (χ0) is 17.6. The van der Waals surface area contributed by atoms with Crippen LogP contribution in [0.2, 0.25) is 0 Å². The van der Waals surface area contributed by atoms with E-state index < -0.39 is 5.97 Å². The average molecular weight is 343 g/mol. The number of nitrogens with zero attached hydrogens (tertiary/aromatic N) is 1. The van der Waals surface area contributed by atoms with E-state index in [0.29, 0.717) is 18.5 Å². The molecule has 1 aromatic heterocycles. The molecule has 2 atom stereocenters. The van der Waals surface area contributed by atoms with Gasteiger partial charge in [0.15, 0.2) is 0 Å². The highest BCUT2D eigenvalue weighted by Crippen LogP contribution is 2.26. The second-order valence-electron chi connectivity index (χ2n) is 6.32. The molecule has 25 heavy (non-hydrogen) atoms. The number of rotatable bonds is 6. The van der Waals surface area contributed by atoms with Gasteiger partial charge in [-0.1, -0.05) is 23.4 Å². The molecule has 3 N–H and O–H groups in total. The third-order valence-corrected chi connectivity index (χ3v) is 4.51. The number of hydrogen-bond acceptors (Lipinski definition) is 5. The summed E-state index contributed by atoms with van der Waals surface area (Å²) in [6.07, 6.45) is 1.93. The fourth-order valence-electron chi connectivity index (χ4n) is 3.23. The molecule has 0 bridgehead atoms. The number of aromatic carboxylic acids is 1. The van der Waals surface area contributed by atoms with Gasteiger partial charge in [0.2, 0.25) is 11.7 Å². The van der Waals surface area contributed by atoms with Crippen LogP contribution in [-0.4, -0.2) is 35.2 Å². The monoisotopic (exact) mass is 343 g/mol. The first-order valence-corrected chi connectivity index (χ1v) is 8.36. The van der Waals surface area contributed by atoms with Gasteiger partial charge in [-0.2, -0.15) is 0 Å². The van der Waals surface area contributed by atoms with Crippen LogP contribution in [0, 0.1) is 11.8 Å². The summed E-state index contributed by atoms with van der Waals surface area (Å²) in [4.78, 5) is 23.2. The predicted molar refractivity (Wildman–Crippen MR) is 91.3 cm³/mol. The summed E-state index contributed by atoms with van der Waals surface area (Å²) in [5.41, 5.74) is 1.40. The summed E-state index contributed by atoms with van der Waals surface area (Å²) in [5.74, 6) is -0.858. The number of carbonyl (C=O) groups is 2. The van der Waals surface area contributed by atoms with Crippen LogP contribution in [-0.2, 0) is 11.2 Å². The van der Waals surface area contributed by atoms with Crippen LogP contribution in [0.25, 0.3) is 0 Å². The lowest BCUT2D eigenvalue weighted by molar-refractivity contribution is -0.117. The van der Waals surface area contributed by atoms with Crippen LogP contribution in [0.4, 0.5) is 5.69 Å². The summed E-state index contributed by atoms with van der Waals surface area (Å²) in [6.45, 7) is 1.65. The van der Waals surface area contributed by atoms with Crippen LogP contribution < -0.4 is 10.6 Å². The van der Waals surface area contributed by atoms with Gasteiger partial charge in [-0.3, -0.25) is 4.79 Å². The molecule has 0 radical (unpaired) electrons. The zero-order valence-electron chi connectivity index (χ0n) is 13.8. The van der Waals surface area contributed by atoms with Gasteiger partial charge in [0.1, 0.15) is 0 Å². The van der Waals surface area contributed by atoms with Crippen LogP contribution in [0.3, 0.4) is 0 Å². The number of para-hydroxylation sites is 1. The Hall–Kier alpha value is -2.67. The summed E-state index contributed by atoms with van der Waals surface area (Å²) in [5, 5.41) is 19.0. The molecule has 1 aliphatic rings. The molecule has 2 heterocycles. The quantitative estimate of drug-likeness (QED) is 0.742. The lowest BCUT2D eigenvalue weighted by Gasteiger charge is -2.31. The Kier molecular flexibility index (Phi) is 5.45. The number of piperidine rings is 1. The minimum Gasteiger partial charge on any atom is -0.475 e. The van der Waals surface area contributed by atoms with Gasteiger partial charge in [0.05, 0.1) is 5.69 Å². The first kappa shape index (κ1) is 17.2. The number of hydrogen-bond donors (Lipinski definition) is 3. The van der Waals surface area contributed by atoms with E-state index in [4.69, 9.17) is 9.63 Å². The van der Waals surface area contributed by atoms with Crippen molar-refractivity contribution in [1.82, 2.24) is 10.5 Å². The molecule has 3 rings (SSSR count). The van der Waals surface area contributed by atoms with Gasteiger partial charge >= 0.3 is 5.97 Å². The summed E-state index contributed by atoms with van der Waals surface area (Å²) >= 11 is 0. The van der Waals surface area contributed by atoms with Crippen molar-refractivity contribution in [3.63, 3.8) is 0 Å². The van der Waals surface area contributed by atoms with Crippen LogP contribution in [0.1, 0.15) is 29.1 Å². The molecule has 2 aromatic rings. The third kappa shape index (κ3) is 4.67. The summed E-state index contributed by atoms with van der Waals surface area (Å²) < 4.78 is 4.81. The molecule has 1 aromatic carbocycles. The lowest BCUT2D eigenvalue weighted by atomic mass is 9.81. The average Bonchev–Trinajstić information content (AvgIpc) is 3.06. The molecule has 0 saturated carbocycles. The molecule has 1 saturated heterocycles. The van der Waals surface area contributed by atoms with Gasteiger partial charge in [-0.25, -0.2) is 4.79 Å². The van der Waals surface area contributed by atoms with Crippen molar-refractivity contribution in [3.8, 4) is 0 Å². The molecule has 7 nitrogen and oxygen atoms in total. The second-order valence-corrected chi connectivity index (χ2v) is 6.32. The van der Waals surface area contributed by atoms with Crippen molar-refractivity contribution in [1.29, 1.82) is 0 Å². The number of nitrogens with one attached hydrogen (secondary N) is 2. The fraction of sp³-hybridized carbons (Fsp3) is 0.389. The van der Waals surface area contributed by atoms with Crippen LogP contribution >= 0.6 is 0 Å². The Morgan fingerprint density at radius 2 is 2.08 bits per heavy atom. The van der Waals surface area contributed by atoms with Crippen molar-refractivity contribution >= 4 is 17.6 Å². The van der Waals surface area contributed by atoms with Crippen molar-refractivity contribution in [3.05, 3.63) is 47.9 Å². The van der Waals surface area contributed by atoms with E-state index in [1.807, 2.05) is 30.3 Å². The van der Waals surface area contributed by atoms with E-state index in [1.165, 1.54) is 6.07 Å². The van der Waals surface area contributed by atoms with E-state index in [2.05, 4.69) is 15.8 Å². The first-order chi connectivity index (χ1) is 12.1. The number of anilines is 1. The minimum atomic E-state index is -1.13. The first-order valence-electron chi connectivity index (χ1n) is 8.36. The largest absolute Gasteiger partial charge is 0.475 e. The zero-order valence-corrected chi connectivity index (χ0v) is 13.8. The van der Waals surface area contributed by atoms with E-state index >= 15 is 0 Å². The van der Waals surface area contributed by atoms with Gasteiger partial charge in [0, 0.05) is 18.2 Å². The predicted octanol–water partition coefficient (Wildman–Crippen LogP) is 2.17. The smallest absolute Gasteiger partial charge is 0.374 e. The molecule has 1 aliphatic heterocycles. The summed E-state index contributed by atoms with van der Waals surface area (Å²) in [6, 6.07) is 10.8. The van der Waals surface area contributed by atoms with Crippen molar-refractivity contribution in [2.75, 3.05) is 18.4 Å². The van der Waals surface area contributed by atoms with E-state index in [-0.39, 0.29) is 23.5 Å². The standard InChI is InChI=1S/C18H21N3O4/c22-17(20-14-4-2-1-3-5-14)9-12-6-7-19-11-13(12)8-15-10-16(18(23)24)25-21-15/h1-5,10,12-13,19H,6-9,11H2,(H,20,22)(H,23,24)/t12-,13+/m1/s1.